The maximum atomic E-state index is 11.6. The third-order valence-electron chi connectivity index (χ3n) is 2.48. The van der Waals surface area contributed by atoms with E-state index in [-0.39, 0.29) is 11.5 Å². The molecule has 2 rings (SSSR count). The van der Waals surface area contributed by atoms with Crippen molar-refractivity contribution in [2.45, 2.75) is 0 Å². The second-order valence-electron chi connectivity index (χ2n) is 3.94. The first-order chi connectivity index (χ1) is 9.65. The molecule has 0 N–H and O–H groups in total. The normalized spacial score (nSPS) is 11.2. The van der Waals surface area contributed by atoms with Crippen LogP contribution in [0.3, 0.4) is 0 Å². The second-order valence-corrected chi connectivity index (χ2v) is 3.94. The molecule has 5 heteroatoms. The average molecular weight is 269 g/mol. The maximum Gasteiger partial charge on any atom is 0.270 e. The van der Waals surface area contributed by atoms with Crippen molar-refractivity contribution < 1.29 is 14.1 Å². The molecule has 0 spiro atoms. The minimum Gasteiger partial charge on any atom is -0.465 e. The third-order valence-corrected chi connectivity index (χ3v) is 2.48. The van der Waals surface area contributed by atoms with Crippen molar-refractivity contribution in [3.05, 3.63) is 76.3 Å². The van der Waals surface area contributed by atoms with Gasteiger partial charge < -0.3 is 4.42 Å². The Kier molecular flexibility index (Phi) is 4.24. The molecular formula is C15H11NO4. The molecule has 0 aliphatic heterocycles. The predicted molar refractivity (Wildman–Crippen MR) is 74.9 cm³/mol. The smallest absolute Gasteiger partial charge is 0.270 e. The largest absolute Gasteiger partial charge is 0.465 e. The van der Waals surface area contributed by atoms with Crippen molar-refractivity contribution in [3.63, 3.8) is 0 Å². The number of ketones is 1. The fraction of sp³-hybridized carbons (Fsp3) is 0. The van der Waals surface area contributed by atoms with Gasteiger partial charge in [0.2, 0.25) is 0 Å². The van der Waals surface area contributed by atoms with E-state index in [0.29, 0.717) is 11.3 Å². The summed E-state index contributed by atoms with van der Waals surface area (Å²) < 4.78 is 5.05. The lowest BCUT2D eigenvalue weighted by molar-refractivity contribution is -0.384. The molecule has 1 heterocycles. The first kappa shape index (κ1) is 13.5. The highest BCUT2D eigenvalue weighted by Crippen LogP contribution is 2.14. The van der Waals surface area contributed by atoms with Crippen LogP contribution in [0.5, 0.6) is 0 Å². The standard InChI is InChI=1S/C15H11NO4/c17-14(8-9-15-5-2-10-20-15)7-6-12-3-1-4-13(11-12)16(18)19/h1-11H/b7-6+,9-8-. The SMILES string of the molecule is O=C(/C=C\c1ccco1)/C=C/c1cccc([N+](=O)[O-])c1. The number of non-ortho nitro benzene ring substituents is 1. The lowest BCUT2D eigenvalue weighted by Crippen LogP contribution is -1.88. The van der Waals surface area contributed by atoms with Gasteiger partial charge in [0.25, 0.3) is 5.69 Å². The number of furan rings is 1. The second kappa shape index (κ2) is 6.29. The molecule has 1 aromatic carbocycles. The highest BCUT2D eigenvalue weighted by atomic mass is 16.6. The van der Waals surface area contributed by atoms with Gasteiger partial charge in [-0.3, -0.25) is 14.9 Å². The number of allylic oxidation sites excluding steroid dienone is 2. The molecule has 1 aromatic heterocycles. The number of carbonyl (C=O) groups excluding carboxylic acids is 1. The van der Waals surface area contributed by atoms with Crippen LogP contribution in [0, 0.1) is 10.1 Å². The third kappa shape index (κ3) is 3.78. The average Bonchev–Trinajstić information content (AvgIpc) is 2.96. The Hall–Kier alpha value is -2.95. The summed E-state index contributed by atoms with van der Waals surface area (Å²) in [5.41, 5.74) is 0.588. The molecule has 20 heavy (non-hydrogen) atoms. The molecule has 5 nitrogen and oxygen atoms in total. The van der Waals surface area contributed by atoms with E-state index in [4.69, 9.17) is 4.42 Å². The van der Waals surface area contributed by atoms with Gasteiger partial charge in [0, 0.05) is 12.1 Å². The molecule has 0 saturated carbocycles. The van der Waals surface area contributed by atoms with Crippen LogP contribution >= 0.6 is 0 Å². The minimum absolute atomic E-state index is 0.00859. The Morgan fingerprint density at radius 2 is 1.95 bits per heavy atom. The molecule has 0 fully saturated rings. The minimum atomic E-state index is -0.476. The number of hydrogen-bond donors (Lipinski definition) is 0. The van der Waals surface area contributed by atoms with Crippen LogP contribution in [0.2, 0.25) is 0 Å². The number of carbonyl (C=O) groups is 1. The quantitative estimate of drug-likeness (QED) is 0.473. The Morgan fingerprint density at radius 3 is 2.65 bits per heavy atom. The van der Waals surface area contributed by atoms with E-state index in [0.717, 1.165) is 0 Å². The lowest BCUT2D eigenvalue weighted by atomic mass is 10.1. The van der Waals surface area contributed by atoms with Crippen molar-refractivity contribution in [3.8, 4) is 0 Å². The van der Waals surface area contributed by atoms with Crippen LogP contribution in [-0.2, 0) is 4.79 Å². The van der Waals surface area contributed by atoms with Gasteiger partial charge in [0.15, 0.2) is 5.78 Å². The monoisotopic (exact) mass is 269 g/mol. The van der Waals surface area contributed by atoms with Crippen LogP contribution < -0.4 is 0 Å². The Bertz CT molecular complexity index is 669. The molecule has 0 aliphatic carbocycles. The molecule has 0 amide bonds. The molecule has 100 valence electrons. The zero-order valence-electron chi connectivity index (χ0n) is 10.4. The van der Waals surface area contributed by atoms with Gasteiger partial charge in [-0.25, -0.2) is 0 Å². The molecule has 0 radical (unpaired) electrons. The topological polar surface area (TPSA) is 73.3 Å². The Morgan fingerprint density at radius 1 is 1.15 bits per heavy atom. The number of nitrogens with zero attached hydrogens (tertiary/aromatic N) is 1. The van der Waals surface area contributed by atoms with E-state index in [1.807, 2.05) is 0 Å². The molecule has 0 unspecified atom stereocenters. The van der Waals surface area contributed by atoms with E-state index in [9.17, 15) is 14.9 Å². The summed E-state index contributed by atoms with van der Waals surface area (Å²) in [6.45, 7) is 0. The summed E-state index contributed by atoms with van der Waals surface area (Å²) in [6.07, 6.45) is 7.32. The van der Waals surface area contributed by atoms with Crippen molar-refractivity contribution in [2.24, 2.45) is 0 Å². The van der Waals surface area contributed by atoms with Gasteiger partial charge in [0.1, 0.15) is 5.76 Å². The predicted octanol–water partition coefficient (Wildman–Crippen LogP) is 3.48. The Labute approximate surface area is 115 Å². The number of nitro benzene ring substituents is 1. The summed E-state index contributed by atoms with van der Waals surface area (Å²) in [7, 11) is 0. The van der Waals surface area contributed by atoms with E-state index in [1.54, 1.807) is 30.3 Å². The van der Waals surface area contributed by atoms with Gasteiger partial charge in [-0.15, -0.1) is 0 Å². The van der Waals surface area contributed by atoms with Crippen LogP contribution in [0.15, 0.2) is 59.2 Å². The summed E-state index contributed by atoms with van der Waals surface area (Å²) in [6, 6.07) is 9.52. The summed E-state index contributed by atoms with van der Waals surface area (Å²) in [4.78, 5) is 21.7. The molecule has 0 saturated heterocycles. The Balaban J connectivity index is 2.03. The number of hydrogen-bond acceptors (Lipinski definition) is 4. The van der Waals surface area contributed by atoms with Crippen LogP contribution in [0.4, 0.5) is 5.69 Å². The molecule has 2 aromatic rings. The van der Waals surface area contributed by atoms with E-state index in [2.05, 4.69) is 0 Å². The fourth-order valence-corrected chi connectivity index (χ4v) is 1.53. The number of rotatable bonds is 5. The van der Waals surface area contributed by atoms with Gasteiger partial charge in [0.05, 0.1) is 11.2 Å². The zero-order chi connectivity index (χ0) is 14.4. The number of benzene rings is 1. The van der Waals surface area contributed by atoms with Crippen molar-refractivity contribution >= 4 is 23.6 Å². The summed E-state index contributed by atoms with van der Waals surface area (Å²) >= 11 is 0. The van der Waals surface area contributed by atoms with E-state index >= 15 is 0 Å². The highest BCUT2D eigenvalue weighted by Gasteiger charge is 2.03. The van der Waals surface area contributed by atoms with Gasteiger partial charge in [-0.2, -0.15) is 0 Å². The van der Waals surface area contributed by atoms with E-state index < -0.39 is 4.92 Å². The summed E-state index contributed by atoms with van der Waals surface area (Å²) in [5, 5.41) is 10.6. The van der Waals surface area contributed by atoms with Crippen LogP contribution in [0.1, 0.15) is 11.3 Å². The van der Waals surface area contributed by atoms with E-state index in [1.165, 1.54) is 36.6 Å². The lowest BCUT2D eigenvalue weighted by Gasteiger charge is -1.93. The number of nitro groups is 1. The maximum absolute atomic E-state index is 11.6. The molecule has 0 aliphatic rings. The molecule has 0 bridgehead atoms. The highest BCUT2D eigenvalue weighted by molar-refractivity contribution is 6.04. The molecular weight excluding hydrogens is 258 g/mol. The van der Waals surface area contributed by atoms with Crippen molar-refractivity contribution in [2.75, 3.05) is 0 Å². The van der Waals surface area contributed by atoms with Gasteiger partial charge >= 0.3 is 0 Å². The first-order valence-corrected chi connectivity index (χ1v) is 5.83. The van der Waals surface area contributed by atoms with Gasteiger partial charge in [-0.1, -0.05) is 18.2 Å². The van der Waals surface area contributed by atoms with Crippen molar-refractivity contribution in [1.29, 1.82) is 0 Å². The van der Waals surface area contributed by atoms with Crippen LogP contribution in [0.25, 0.3) is 12.2 Å². The van der Waals surface area contributed by atoms with Crippen molar-refractivity contribution in [1.82, 2.24) is 0 Å². The first-order valence-electron chi connectivity index (χ1n) is 5.83. The molecule has 0 atom stereocenters. The zero-order valence-corrected chi connectivity index (χ0v) is 10.4. The van der Waals surface area contributed by atoms with Crippen LogP contribution in [-0.4, -0.2) is 10.7 Å². The fourth-order valence-electron chi connectivity index (χ4n) is 1.53. The summed E-state index contributed by atoms with van der Waals surface area (Å²) in [5.74, 6) is 0.356. The van der Waals surface area contributed by atoms with Gasteiger partial charge in [-0.05, 0) is 35.9 Å².